The molecule has 3 aromatic rings. The number of phosphoric acid groups is 1. The van der Waals surface area contributed by atoms with E-state index in [-0.39, 0.29) is 35.8 Å². The molecule has 3 rings (SSSR count). The molecule has 16 nitrogen and oxygen atoms in total. The average Bonchev–Trinajstić information content (AvgIpc) is 0.766. The maximum absolute atomic E-state index is 17.5. The first-order chi connectivity index (χ1) is 52.3. The van der Waals surface area contributed by atoms with Crippen LogP contribution in [0.4, 0.5) is 0 Å². The van der Waals surface area contributed by atoms with Gasteiger partial charge in [-0.25, -0.2) is 28.8 Å². The summed E-state index contributed by atoms with van der Waals surface area (Å²) in [6.45, 7) is 53.5. The van der Waals surface area contributed by atoms with Crippen LogP contribution in [0.2, 0.25) is 0 Å². The standard InChI is InChI=1S/C93H141O16P/c1-64(2)88(94)101-58-46-34-22-28-40-52-79-70(13)80(53-41-29-23-35-47-59-102-89(95)65(3)4)74(17)85(73(79)16)107-110(100,108-86-75(18)81(54-42-30-24-36-48-60-103-90(96)66(5)6)71(14)82(76(86)19)55-43-31-25-37-49-61-104-91(97)67(7)8)109-87-77(20)83(56-44-32-26-38-50-62-105-92(98)68(9)10)72(15)84(78(87)21)57-45-33-27-39-51-63-106-93(99)69(11)12/h1,3,5,7,9,11,22-63H2,2,4,6,8,10,12-21H3. The summed E-state index contributed by atoms with van der Waals surface area (Å²) < 4.78 is 72.2. The molecule has 0 bridgehead atoms. The second kappa shape index (κ2) is 52.7. The molecule has 0 aromatic heterocycles. The SMILES string of the molecule is C=C(C)C(=O)OCCCCCCCc1c(C)c(CCCCCCCOC(=O)C(=C)C)c(C)c(OP(=O)(Oc2c(C)c(CCCCCCCOC(=O)C(=C)C)c(C)c(CCCCCCCOC(=O)C(=C)C)c2C)Oc2c(C)c(CCCCCCCOC(=O)C(=C)C)c(C)c(CCCCCCCOC(=O)C(=C)C)c2C)c1C. The Morgan fingerprint density at radius 3 is 0.482 bits per heavy atom. The Morgan fingerprint density at radius 1 is 0.218 bits per heavy atom. The van der Waals surface area contributed by atoms with Crippen molar-refractivity contribution in [3.63, 3.8) is 0 Å². The minimum absolute atomic E-state index is 0.350. The van der Waals surface area contributed by atoms with Crippen LogP contribution in [0.5, 0.6) is 17.2 Å². The Labute approximate surface area is 663 Å². The van der Waals surface area contributed by atoms with Crippen LogP contribution >= 0.6 is 7.82 Å². The van der Waals surface area contributed by atoms with Gasteiger partial charge in [0.25, 0.3) is 0 Å². The zero-order valence-electron chi connectivity index (χ0n) is 70.9. The number of benzene rings is 3. The van der Waals surface area contributed by atoms with Crippen molar-refractivity contribution in [2.45, 2.75) is 335 Å². The molecule has 0 amide bonds. The number of rotatable bonds is 60. The van der Waals surface area contributed by atoms with Crippen LogP contribution in [-0.4, -0.2) is 75.5 Å². The molecule has 0 N–H and O–H groups in total. The van der Waals surface area contributed by atoms with Gasteiger partial charge in [0.2, 0.25) is 0 Å². The predicted octanol–water partition coefficient (Wildman–Crippen LogP) is 23.8. The molecule has 0 aliphatic rings. The van der Waals surface area contributed by atoms with Crippen molar-refractivity contribution in [3.05, 3.63) is 156 Å². The third-order valence-electron chi connectivity index (χ3n) is 21.0. The minimum atomic E-state index is -4.82. The van der Waals surface area contributed by atoms with Gasteiger partial charge in [-0.05, 0) is 303 Å². The zero-order valence-corrected chi connectivity index (χ0v) is 71.8. The second-order valence-electron chi connectivity index (χ2n) is 30.8. The summed E-state index contributed by atoms with van der Waals surface area (Å²) in [6.07, 6.45) is 31.3. The maximum atomic E-state index is 17.5. The summed E-state index contributed by atoms with van der Waals surface area (Å²) in [5, 5.41) is 0. The first-order valence-corrected chi connectivity index (χ1v) is 42.7. The first kappa shape index (κ1) is 96.7. The minimum Gasteiger partial charge on any atom is -0.462 e. The van der Waals surface area contributed by atoms with Crippen molar-refractivity contribution in [2.24, 2.45) is 0 Å². The molecule has 0 spiro atoms. The molecular formula is C93H141O16P. The fourth-order valence-corrected chi connectivity index (χ4v) is 15.9. The van der Waals surface area contributed by atoms with E-state index in [0.29, 0.717) is 90.3 Å². The van der Waals surface area contributed by atoms with Gasteiger partial charge >= 0.3 is 43.6 Å². The number of hydrogen-bond donors (Lipinski definition) is 0. The zero-order chi connectivity index (χ0) is 81.9. The van der Waals surface area contributed by atoms with E-state index in [4.69, 9.17) is 42.0 Å². The lowest BCUT2D eigenvalue weighted by Crippen LogP contribution is -2.16. The van der Waals surface area contributed by atoms with Crippen molar-refractivity contribution < 1.29 is 75.3 Å². The van der Waals surface area contributed by atoms with E-state index in [0.717, 1.165) is 298 Å². The number of ether oxygens (including phenoxy) is 6. The van der Waals surface area contributed by atoms with Gasteiger partial charge in [-0.3, -0.25) is 0 Å². The molecule has 110 heavy (non-hydrogen) atoms. The molecule has 0 unspecified atom stereocenters. The highest BCUT2D eigenvalue weighted by molar-refractivity contribution is 7.49. The normalized spacial score (nSPS) is 11.2. The van der Waals surface area contributed by atoms with Gasteiger partial charge in [0.05, 0.1) is 39.6 Å². The summed E-state index contributed by atoms with van der Waals surface area (Å²) in [5.74, 6) is -0.762. The quantitative estimate of drug-likeness (QED) is 0.0170. The Morgan fingerprint density at radius 2 is 0.345 bits per heavy atom. The van der Waals surface area contributed by atoms with Gasteiger partial charge in [0.1, 0.15) is 17.2 Å². The van der Waals surface area contributed by atoms with Gasteiger partial charge < -0.3 is 42.0 Å². The lowest BCUT2D eigenvalue weighted by molar-refractivity contribution is -0.139. The Kier molecular flexibility index (Phi) is 46.4. The third-order valence-corrected chi connectivity index (χ3v) is 22.2. The Bertz CT molecular complexity index is 3060. The van der Waals surface area contributed by atoms with Crippen LogP contribution in [0.1, 0.15) is 318 Å². The topological polar surface area (TPSA) is 203 Å². The highest BCUT2D eigenvalue weighted by Gasteiger charge is 2.39. The fourth-order valence-electron chi connectivity index (χ4n) is 14.3. The lowest BCUT2D eigenvalue weighted by atomic mass is 9.87. The third kappa shape index (κ3) is 34.7. The van der Waals surface area contributed by atoms with Gasteiger partial charge in [0, 0.05) is 33.4 Å². The molecule has 0 aliphatic carbocycles. The summed E-state index contributed by atoms with van der Waals surface area (Å²) in [7, 11) is -4.82. The molecule has 614 valence electrons. The van der Waals surface area contributed by atoms with Crippen molar-refractivity contribution in [1.29, 1.82) is 0 Å². The molecule has 0 saturated carbocycles. The van der Waals surface area contributed by atoms with Gasteiger partial charge in [-0.1, -0.05) is 155 Å². The molecule has 0 fully saturated rings. The van der Waals surface area contributed by atoms with E-state index in [1.54, 1.807) is 41.5 Å². The van der Waals surface area contributed by atoms with E-state index < -0.39 is 7.82 Å². The van der Waals surface area contributed by atoms with Crippen LogP contribution in [0.15, 0.2) is 72.9 Å². The average molecular weight is 1550 g/mol. The molecule has 0 atom stereocenters. The molecule has 0 radical (unpaired) electrons. The summed E-state index contributed by atoms with van der Waals surface area (Å²) >= 11 is 0. The Balaban J connectivity index is 2.38. The number of phosphoric ester groups is 1. The first-order valence-electron chi connectivity index (χ1n) is 41.3. The van der Waals surface area contributed by atoms with Gasteiger partial charge in [-0.15, -0.1) is 0 Å². The molecule has 3 aromatic carbocycles. The van der Waals surface area contributed by atoms with Crippen molar-refractivity contribution in [2.75, 3.05) is 39.6 Å². The number of unbranched alkanes of at least 4 members (excludes halogenated alkanes) is 24. The van der Waals surface area contributed by atoms with Crippen molar-refractivity contribution in [3.8, 4) is 17.2 Å². The van der Waals surface area contributed by atoms with Gasteiger partial charge in [0.15, 0.2) is 0 Å². The van der Waals surface area contributed by atoms with E-state index >= 15 is 4.57 Å². The van der Waals surface area contributed by atoms with E-state index in [9.17, 15) is 28.8 Å². The maximum Gasteiger partial charge on any atom is 0.647 e. The monoisotopic (exact) mass is 1540 g/mol. The molecule has 17 heteroatoms. The van der Waals surface area contributed by atoms with E-state index in [1.165, 1.54) is 16.7 Å². The lowest BCUT2D eigenvalue weighted by Gasteiger charge is -2.29. The van der Waals surface area contributed by atoms with Crippen LogP contribution in [0.25, 0.3) is 0 Å². The summed E-state index contributed by atoms with van der Waals surface area (Å²) in [5.41, 5.74) is 18.1. The number of esters is 6. The van der Waals surface area contributed by atoms with Crippen LogP contribution < -0.4 is 13.6 Å². The van der Waals surface area contributed by atoms with E-state index in [1.807, 2.05) is 0 Å². The van der Waals surface area contributed by atoms with Crippen LogP contribution in [0, 0.1) is 62.3 Å². The molecular weight excluding hydrogens is 1400 g/mol. The number of hydrogen-bond acceptors (Lipinski definition) is 16. The second-order valence-corrected chi connectivity index (χ2v) is 32.3. The summed E-state index contributed by atoms with van der Waals surface area (Å²) in [4.78, 5) is 72.8. The predicted molar refractivity (Wildman–Crippen MR) is 447 cm³/mol. The van der Waals surface area contributed by atoms with Crippen molar-refractivity contribution >= 4 is 43.6 Å². The van der Waals surface area contributed by atoms with Crippen LogP contribution in [-0.2, 0) is 100 Å². The molecule has 0 heterocycles. The van der Waals surface area contributed by atoms with Gasteiger partial charge in [-0.2, -0.15) is 4.57 Å². The highest BCUT2D eigenvalue weighted by Crippen LogP contribution is 2.56. The number of carbonyl (C=O) groups excluding carboxylic acids is 6. The van der Waals surface area contributed by atoms with Crippen molar-refractivity contribution in [1.82, 2.24) is 0 Å². The fraction of sp³-hybridized carbons (Fsp3) is 0.613. The Hall–Kier alpha value is -7.45. The summed E-state index contributed by atoms with van der Waals surface area (Å²) in [6, 6.07) is 0. The number of carbonyl (C=O) groups is 6. The molecule has 0 aliphatic heterocycles. The molecule has 0 saturated heterocycles. The smallest absolute Gasteiger partial charge is 0.462 e. The van der Waals surface area contributed by atoms with E-state index in [2.05, 4.69) is 102 Å². The van der Waals surface area contributed by atoms with Crippen LogP contribution in [0.3, 0.4) is 0 Å². The largest absolute Gasteiger partial charge is 0.647 e. The highest BCUT2D eigenvalue weighted by atomic mass is 31.2.